The van der Waals surface area contributed by atoms with E-state index >= 15 is 0 Å². The van der Waals surface area contributed by atoms with Crippen LogP contribution < -0.4 is 10.4 Å². The molecule has 0 aromatic carbocycles. The summed E-state index contributed by atoms with van der Waals surface area (Å²) in [6.07, 6.45) is 5.30. The number of amides is 1. The molecule has 19 heavy (non-hydrogen) atoms. The molecule has 1 unspecified atom stereocenters. The Morgan fingerprint density at radius 2 is 1.79 bits per heavy atom. The number of nitrogens with one attached hydrogen (secondary N) is 1. The average molecular weight is 270 g/mol. The SMILES string of the molecule is COC(=O)CC(NC(=O)C1CCCCCC1)C(=O)[O-]. The Kier molecular flexibility index (Phi) is 6.32. The molecule has 1 aliphatic carbocycles. The van der Waals surface area contributed by atoms with E-state index in [9.17, 15) is 19.5 Å². The van der Waals surface area contributed by atoms with E-state index in [1.54, 1.807) is 0 Å². The first kappa shape index (κ1) is 15.5. The summed E-state index contributed by atoms with van der Waals surface area (Å²) in [5, 5.41) is 13.3. The molecule has 6 nitrogen and oxygen atoms in total. The van der Waals surface area contributed by atoms with E-state index in [0.29, 0.717) is 0 Å². The van der Waals surface area contributed by atoms with Gasteiger partial charge >= 0.3 is 5.97 Å². The zero-order valence-electron chi connectivity index (χ0n) is 11.1. The number of rotatable bonds is 5. The molecule has 1 aliphatic rings. The lowest BCUT2D eigenvalue weighted by molar-refractivity contribution is -0.308. The van der Waals surface area contributed by atoms with Crippen LogP contribution in [0.2, 0.25) is 0 Å². The summed E-state index contributed by atoms with van der Waals surface area (Å²) in [7, 11) is 1.17. The highest BCUT2D eigenvalue weighted by atomic mass is 16.5. The van der Waals surface area contributed by atoms with Crippen molar-refractivity contribution in [2.24, 2.45) is 5.92 Å². The minimum atomic E-state index is -1.47. The Hall–Kier alpha value is -1.59. The lowest BCUT2D eigenvalue weighted by Crippen LogP contribution is -2.50. The summed E-state index contributed by atoms with van der Waals surface area (Å²) in [6.45, 7) is 0. The van der Waals surface area contributed by atoms with Gasteiger partial charge in [0, 0.05) is 5.92 Å². The highest BCUT2D eigenvalue weighted by Crippen LogP contribution is 2.23. The minimum absolute atomic E-state index is 0.165. The summed E-state index contributed by atoms with van der Waals surface area (Å²) in [5.41, 5.74) is 0. The number of ether oxygens (including phenoxy) is 1. The summed E-state index contributed by atoms with van der Waals surface area (Å²) in [4.78, 5) is 34.0. The van der Waals surface area contributed by atoms with Crippen molar-refractivity contribution >= 4 is 17.8 Å². The van der Waals surface area contributed by atoms with Crippen molar-refractivity contribution in [1.29, 1.82) is 0 Å². The highest BCUT2D eigenvalue weighted by Gasteiger charge is 2.24. The molecule has 0 aromatic rings. The molecule has 108 valence electrons. The monoisotopic (exact) mass is 270 g/mol. The van der Waals surface area contributed by atoms with Gasteiger partial charge < -0.3 is 20.0 Å². The number of hydrogen-bond acceptors (Lipinski definition) is 5. The molecule has 0 radical (unpaired) electrons. The van der Waals surface area contributed by atoms with Crippen LogP contribution >= 0.6 is 0 Å². The summed E-state index contributed by atoms with van der Waals surface area (Å²) in [6, 6.07) is -1.32. The molecular weight excluding hydrogens is 250 g/mol. The molecule has 0 aromatic heterocycles. The van der Waals surface area contributed by atoms with Crippen LogP contribution in [0.3, 0.4) is 0 Å². The Morgan fingerprint density at radius 3 is 2.26 bits per heavy atom. The van der Waals surface area contributed by atoms with E-state index in [-0.39, 0.29) is 11.8 Å². The fourth-order valence-corrected chi connectivity index (χ4v) is 2.27. The van der Waals surface area contributed by atoms with E-state index in [1.807, 2.05) is 0 Å². The van der Waals surface area contributed by atoms with Gasteiger partial charge in [0.15, 0.2) is 0 Å². The van der Waals surface area contributed by atoms with Gasteiger partial charge in [-0.3, -0.25) is 9.59 Å². The van der Waals surface area contributed by atoms with E-state index < -0.39 is 24.4 Å². The van der Waals surface area contributed by atoms with E-state index in [1.165, 1.54) is 7.11 Å². The topological polar surface area (TPSA) is 95.5 Å². The van der Waals surface area contributed by atoms with Gasteiger partial charge in [0.25, 0.3) is 0 Å². The van der Waals surface area contributed by atoms with Crippen molar-refractivity contribution in [2.45, 2.75) is 51.0 Å². The predicted octanol–water partition coefficient (Wildman–Crippen LogP) is -0.245. The van der Waals surface area contributed by atoms with Gasteiger partial charge in [0.2, 0.25) is 5.91 Å². The molecule has 0 bridgehead atoms. The normalized spacial score (nSPS) is 18.2. The maximum atomic E-state index is 12.0. The summed E-state index contributed by atoms with van der Waals surface area (Å²) in [5.74, 6) is -2.62. The number of carbonyl (C=O) groups excluding carboxylic acids is 3. The third-order valence-electron chi connectivity index (χ3n) is 3.43. The van der Waals surface area contributed by atoms with Gasteiger partial charge in [-0.1, -0.05) is 25.7 Å². The second-order valence-electron chi connectivity index (χ2n) is 4.85. The molecule has 0 saturated heterocycles. The molecular formula is C13H20NO5-. The van der Waals surface area contributed by atoms with Crippen molar-refractivity contribution in [3.8, 4) is 0 Å². The molecule has 0 spiro atoms. The van der Waals surface area contributed by atoms with Crippen LogP contribution in [0.15, 0.2) is 0 Å². The van der Waals surface area contributed by atoms with Crippen LogP contribution in [0.25, 0.3) is 0 Å². The van der Waals surface area contributed by atoms with Crippen molar-refractivity contribution in [3.05, 3.63) is 0 Å². The van der Waals surface area contributed by atoms with E-state index in [0.717, 1.165) is 38.5 Å². The van der Waals surface area contributed by atoms with Crippen LogP contribution in [0.1, 0.15) is 44.9 Å². The van der Waals surface area contributed by atoms with Crippen molar-refractivity contribution in [3.63, 3.8) is 0 Å². The van der Waals surface area contributed by atoms with Crippen molar-refractivity contribution in [1.82, 2.24) is 5.32 Å². The third kappa shape index (κ3) is 5.28. The zero-order chi connectivity index (χ0) is 14.3. The third-order valence-corrected chi connectivity index (χ3v) is 3.43. The second kappa shape index (κ2) is 7.76. The largest absolute Gasteiger partial charge is 0.548 e. The Morgan fingerprint density at radius 1 is 1.21 bits per heavy atom. The van der Waals surface area contributed by atoms with E-state index in [4.69, 9.17) is 0 Å². The lowest BCUT2D eigenvalue weighted by Gasteiger charge is -2.22. The zero-order valence-corrected chi connectivity index (χ0v) is 11.1. The highest BCUT2D eigenvalue weighted by molar-refractivity contribution is 5.87. The molecule has 0 heterocycles. The minimum Gasteiger partial charge on any atom is -0.548 e. The molecule has 0 aliphatic heterocycles. The van der Waals surface area contributed by atoms with Crippen LogP contribution in [0, 0.1) is 5.92 Å². The number of carboxylic acids is 1. The fraction of sp³-hybridized carbons (Fsp3) is 0.769. The van der Waals surface area contributed by atoms with Crippen molar-refractivity contribution in [2.75, 3.05) is 7.11 Å². The fourth-order valence-electron chi connectivity index (χ4n) is 2.27. The first-order valence-corrected chi connectivity index (χ1v) is 6.62. The molecule has 6 heteroatoms. The number of aliphatic carboxylic acids is 1. The Labute approximate surface area is 112 Å². The van der Waals surface area contributed by atoms with Crippen LogP contribution in [-0.4, -0.2) is 31.0 Å². The van der Waals surface area contributed by atoms with Crippen molar-refractivity contribution < 1.29 is 24.2 Å². The summed E-state index contributed by atoms with van der Waals surface area (Å²) < 4.78 is 4.40. The number of carbonyl (C=O) groups is 3. The average Bonchev–Trinajstić information content (AvgIpc) is 2.66. The Bertz CT molecular complexity index is 334. The maximum Gasteiger partial charge on any atom is 0.307 e. The van der Waals surface area contributed by atoms with Crippen LogP contribution in [0.5, 0.6) is 0 Å². The van der Waals surface area contributed by atoms with Gasteiger partial charge in [0.1, 0.15) is 0 Å². The standard InChI is InChI=1S/C13H21NO5/c1-19-11(15)8-10(13(17)18)14-12(16)9-6-4-2-3-5-7-9/h9-10H,2-8H2,1H3,(H,14,16)(H,17,18)/p-1. The van der Waals surface area contributed by atoms with Gasteiger partial charge in [-0.05, 0) is 12.8 Å². The van der Waals surface area contributed by atoms with E-state index in [2.05, 4.69) is 10.1 Å². The number of esters is 1. The molecule has 1 amide bonds. The van der Waals surface area contributed by atoms with Gasteiger partial charge in [-0.25, -0.2) is 0 Å². The van der Waals surface area contributed by atoms with Gasteiger partial charge in [-0.15, -0.1) is 0 Å². The number of methoxy groups -OCH3 is 1. The number of carboxylic acid groups (broad SMARTS) is 1. The number of hydrogen-bond donors (Lipinski definition) is 1. The predicted molar refractivity (Wildman–Crippen MR) is 64.8 cm³/mol. The van der Waals surface area contributed by atoms with Crippen LogP contribution in [0.4, 0.5) is 0 Å². The molecule has 1 rings (SSSR count). The molecule has 1 fully saturated rings. The first-order valence-electron chi connectivity index (χ1n) is 6.62. The summed E-state index contributed by atoms with van der Waals surface area (Å²) >= 11 is 0. The quantitative estimate of drug-likeness (QED) is 0.549. The van der Waals surface area contributed by atoms with Crippen LogP contribution in [-0.2, 0) is 19.1 Å². The van der Waals surface area contributed by atoms with Gasteiger partial charge in [-0.2, -0.15) is 0 Å². The smallest absolute Gasteiger partial charge is 0.307 e. The second-order valence-corrected chi connectivity index (χ2v) is 4.85. The molecule has 1 atom stereocenters. The first-order chi connectivity index (χ1) is 9.04. The molecule has 1 N–H and O–H groups in total. The Balaban J connectivity index is 2.54. The molecule has 1 saturated carbocycles. The lowest BCUT2D eigenvalue weighted by atomic mass is 9.99. The van der Waals surface area contributed by atoms with Gasteiger partial charge in [0.05, 0.1) is 25.5 Å². The maximum absolute atomic E-state index is 12.0.